The van der Waals surface area contributed by atoms with Gasteiger partial charge in [-0.2, -0.15) is 18.3 Å². The normalized spacial score (nSPS) is 12.9. The van der Waals surface area contributed by atoms with Crippen LogP contribution in [0, 0.1) is 0 Å². The molecule has 0 fully saturated rings. The van der Waals surface area contributed by atoms with Crippen LogP contribution in [0.2, 0.25) is 0 Å². The van der Waals surface area contributed by atoms with Crippen molar-refractivity contribution in [1.82, 2.24) is 19.7 Å². The van der Waals surface area contributed by atoms with Gasteiger partial charge in [-0.25, -0.2) is 0 Å². The molecule has 124 valence electrons. The first-order chi connectivity index (χ1) is 10.8. The molecule has 6 nitrogen and oxygen atoms in total. The van der Waals surface area contributed by atoms with Gasteiger partial charge in [-0.3, -0.25) is 14.3 Å². The molecule has 2 aromatic heterocycles. The van der Waals surface area contributed by atoms with Crippen LogP contribution in [-0.2, 0) is 24.1 Å². The second-order valence-corrected chi connectivity index (χ2v) is 5.08. The molecule has 2 aromatic rings. The molecule has 9 heteroatoms. The second kappa shape index (κ2) is 6.67. The zero-order valence-corrected chi connectivity index (χ0v) is 12.2. The number of pyridine rings is 1. The van der Waals surface area contributed by atoms with Crippen LogP contribution in [0.5, 0.6) is 0 Å². The van der Waals surface area contributed by atoms with E-state index in [-0.39, 0.29) is 6.04 Å². The van der Waals surface area contributed by atoms with Crippen LogP contribution < -0.4 is 10.9 Å². The number of carbonyl (C=O) groups is 1. The van der Waals surface area contributed by atoms with E-state index >= 15 is 0 Å². The van der Waals surface area contributed by atoms with E-state index in [2.05, 4.69) is 10.4 Å². The van der Waals surface area contributed by atoms with Gasteiger partial charge in [0.1, 0.15) is 6.54 Å². The SMILES string of the molecule is C[C@H](Cn1cccn1)NC(=O)Cn1cc(C(F)(F)F)ccc1=O. The summed E-state index contributed by atoms with van der Waals surface area (Å²) in [5.74, 6) is -0.550. The zero-order chi connectivity index (χ0) is 17.0. The van der Waals surface area contributed by atoms with Gasteiger partial charge in [0.15, 0.2) is 0 Å². The number of alkyl halides is 3. The summed E-state index contributed by atoms with van der Waals surface area (Å²) in [5, 5.41) is 6.60. The van der Waals surface area contributed by atoms with Crippen molar-refractivity contribution in [1.29, 1.82) is 0 Å². The summed E-state index contributed by atoms with van der Waals surface area (Å²) in [6.07, 6.45) is -0.615. The maximum absolute atomic E-state index is 12.6. The first kappa shape index (κ1) is 16.8. The molecule has 0 saturated heterocycles. The summed E-state index contributed by atoms with van der Waals surface area (Å²) in [5.41, 5.74) is -1.65. The third-order valence-electron chi connectivity index (χ3n) is 3.05. The Kier molecular flexibility index (Phi) is 4.87. The first-order valence-corrected chi connectivity index (χ1v) is 6.80. The van der Waals surface area contributed by atoms with Crippen LogP contribution >= 0.6 is 0 Å². The number of rotatable bonds is 5. The molecule has 0 aliphatic heterocycles. The van der Waals surface area contributed by atoms with Crippen LogP contribution in [0.15, 0.2) is 41.6 Å². The summed E-state index contributed by atoms with van der Waals surface area (Å²) in [4.78, 5) is 23.5. The van der Waals surface area contributed by atoms with E-state index in [1.54, 1.807) is 30.1 Å². The van der Waals surface area contributed by atoms with Crippen LogP contribution in [0.1, 0.15) is 12.5 Å². The van der Waals surface area contributed by atoms with Crippen molar-refractivity contribution in [3.63, 3.8) is 0 Å². The molecular weight excluding hydrogens is 313 g/mol. The molecule has 0 aliphatic rings. The number of hydrogen-bond acceptors (Lipinski definition) is 3. The predicted molar refractivity (Wildman–Crippen MR) is 75.5 cm³/mol. The molecule has 2 rings (SSSR count). The number of amides is 1. The van der Waals surface area contributed by atoms with Crippen molar-refractivity contribution in [3.05, 3.63) is 52.7 Å². The molecule has 23 heavy (non-hydrogen) atoms. The Morgan fingerprint density at radius 1 is 1.39 bits per heavy atom. The average Bonchev–Trinajstić information content (AvgIpc) is 2.92. The number of hydrogen-bond donors (Lipinski definition) is 1. The number of nitrogens with one attached hydrogen (secondary N) is 1. The van der Waals surface area contributed by atoms with Crippen molar-refractivity contribution in [2.75, 3.05) is 0 Å². The number of halogens is 3. The number of nitrogens with zero attached hydrogens (tertiary/aromatic N) is 3. The molecule has 0 bridgehead atoms. The van der Waals surface area contributed by atoms with E-state index in [9.17, 15) is 22.8 Å². The maximum atomic E-state index is 12.6. The zero-order valence-electron chi connectivity index (χ0n) is 12.2. The van der Waals surface area contributed by atoms with Gasteiger partial charge in [-0.15, -0.1) is 0 Å². The van der Waals surface area contributed by atoms with E-state index in [1.165, 1.54) is 0 Å². The van der Waals surface area contributed by atoms with Crippen molar-refractivity contribution in [3.8, 4) is 0 Å². The van der Waals surface area contributed by atoms with Gasteiger partial charge in [0.25, 0.3) is 5.56 Å². The van der Waals surface area contributed by atoms with E-state index < -0.39 is 29.8 Å². The molecule has 1 amide bonds. The molecule has 0 spiro atoms. The molecule has 0 unspecified atom stereocenters. The Hall–Kier alpha value is -2.58. The minimum absolute atomic E-state index is 0.288. The van der Waals surface area contributed by atoms with Gasteiger partial charge < -0.3 is 9.88 Å². The average molecular weight is 328 g/mol. The lowest BCUT2D eigenvalue weighted by Gasteiger charge is -2.15. The van der Waals surface area contributed by atoms with Gasteiger partial charge in [-0.1, -0.05) is 0 Å². The lowest BCUT2D eigenvalue weighted by atomic mass is 10.2. The third kappa shape index (κ3) is 4.70. The molecular formula is C14H15F3N4O2. The Balaban J connectivity index is 2.01. The lowest BCUT2D eigenvalue weighted by Crippen LogP contribution is -2.39. The predicted octanol–water partition coefficient (Wildman–Crippen LogP) is 1.27. The molecule has 0 radical (unpaired) electrons. The van der Waals surface area contributed by atoms with Gasteiger partial charge in [0.2, 0.25) is 5.91 Å². The fourth-order valence-electron chi connectivity index (χ4n) is 2.03. The summed E-state index contributed by atoms with van der Waals surface area (Å²) < 4.78 is 40.2. The van der Waals surface area contributed by atoms with Crippen molar-refractivity contribution in [2.24, 2.45) is 0 Å². The van der Waals surface area contributed by atoms with E-state index in [0.29, 0.717) is 18.8 Å². The van der Waals surface area contributed by atoms with Crippen LogP contribution in [0.25, 0.3) is 0 Å². The minimum Gasteiger partial charge on any atom is -0.350 e. The number of aromatic nitrogens is 3. The highest BCUT2D eigenvalue weighted by molar-refractivity contribution is 5.76. The summed E-state index contributed by atoms with van der Waals surface area (Å²) in [7, 11) is 0. The van der Waals surface area contributed by atoms with Gasteiger partial charge in [0.05, 0.1) is 12.1 Å². The molecule has 0 aromatic carbocycles. The largest absolute Gasteiger partial charge is 0.417 e. The summed E-state index contributed by atoms with van der Waals surface area (Å²) >= 11 is 0. The summed E-state index contributed by atoms with van der Waals surface area (Å²) in [6.45, 7) is 1.66. The second-order valence-electron chi connectivity index (χ2n) is 5.08. The Labute approximate surface area is 129 Å². The highest BCUT2D eigenvalue weighted by Crippen LogP contribution is 2.27. The first-order valence-electron chi connectivity index (χ1n) is 6.80. The van der Waals surface area contributed by atoms with Gasteiger partial charge >= 0.3 is 6.18 Å². The molecule has 0 saturated carbocycles. The maximum Gasteiger partial charge on any atom is 0.417 e. The van der Waals surface area contributed by atoms with Gasteiger partial charge in [-0.05, 0) is 19.1 Å². The fourth-order valence-corrected chi connectivity index (χ4v) is 2.03. The van der Waals surface area contributed by atoms with E-state index in [1.807, 2.05) is 0 Å². The fraction of sp³-hybridized carbons (Fsp3) is 0.357. The smallest absolute Gasteiger partial charge is 0.350 e. The monoisotopic (exact) mass is 328 g/mol. The standard InChI is InChI=1S/C14H15F3N4O2/c1-10(7-21-6-2-5-18-21)19-12(22)9-20-8-11(14(15,16)17)3-4-13(20)23/h2-6,8,10H,7,9H2,1H3,(H,19,22)/t10-/m1/s1. The van der Waals surface area contributed by atoms with Gasteiger partial charge in [0, 0.05) is 30.7 Å². The molecule has 2 heterocycles. The van der Waals surface area contributed by atoms with Crippen LogP contribution in [0.3, 0.4) is 0 Å². The van der Waals surface area contributed by atoms with Crippen molar-refractivity contribution < 1.29 is 18.0 Å². The quantitative estimate of drug-likeness (QED) is 0.899. The molecule has 1 N–H and O–H groups in total. The third-order valence-corrected chi connectivity index (χ3v) is 3.05. The molecule has 1 atom stereocenters. The van der Waals surface area contributed by atoms with Crippen LogP contribution in [0.4, 0.5) is 13.2 Å². The van der Waals surface area contributed by atoms with E-state index in [4.69, 9.17) is 0 Å². The topological polar surface area (TPSA) is 68.9 Å². The number of carbonyl (C=O) groups excluding carboxylic acids is 1. The molecule has 0 aliphatic carbocycles. The summed E-state index contributed by atoms with van der Waals surface area (Å²) in [6, 6.07) is 2.93. The van der Waals surface area contributed by atoms with Crippen molar-refractivity contribution >= 4 is 5.91 Å². The Morgan fingerprint density at radius 3 is 2.74 bits per heavy atom. The Morgan fingerprint density at radius 2 is 2.13 bits per heavy atom. The Bertz CT molecular complexity index is 722. The highest BCUT2D eigenvalue weighted by atomic mass is 19.4. The highest BCUT2D eigenvalue weighted by Gasteiger charge is 2.31. The van der Waals surface area contributed by atoms with Crippen LogP contribution in [-0.4, -0.2) is 26.3 Å². The van der Waals surface area contributed by atoms with E-state index in [0.717, 1.165) is 10.6 Å². The van der Waals surface area contributed by atoms with Crippen molar-refractivity contribution in [2.45, 2.75) is 32.2 Å². The minimum atomic E-state index is -4.57. The lowest BCUT2D eigenvalue weighted by molar-refractivity contribution is -0.138.